The van der Waals surface area contributed by atoms with E-state index in [-0.39, 0.29) is 5.39 Å². The monoisotopic (exact) mass is 221 g/mol. The molecule has 0 saturated carbocycles. The first-order chi connectivity index (χ1) is 7.57. The molecule has 2 bridgehead atoms. The van der Waals surface area contributed by atoms with Gasteiger partial charge in [-0.2, -0.15) is 13.2 Å². The Hall–Kier alpha value is -1.84. The molecule has 0 N–H and O–H groups in total. The zero-order chi connectivity index (χ0) is 11.3. The standard InChI is InChI=1S/C12H6F3N/c13-12(14,15)9-3-1-2-8-7-4-5-10(11(8)9)16-6-7/h1-6H. The molecule has 0 aliphatic carbocycles. The maximum absolute atomic E-state index is 12.8. The SMILES string of the molecule is FC(F)(F)c1cccc2c3ccc(nc3)c12. The van der Waals surface area contributed by atoms with E-state index in [9.17, 15) is 13.2 Å². The van der Waals surface area contributed by atoms with Crippen LogP contribution in [0, 0.1) is 0 Å². The smallest absolute Gasteiger partial charge is 0.256 e. The van der Waals surface area contributed by atoms with Crippen molar-refractivity contribution < 1.29 is 13.2 Å². The molecule has 16 heavy (non-hydrogen) atoms. The largest absolute Gasteiger partial charge is 0.417 e. The summed E-state index contributed by atoms with van der Waals surface area (Å²) in [5, 5.41) is 1.55. The maximum Gasteiger partial charge on any atom is 0.417 e. The Morgan fingerprint density at radius 1 is 1.00 bits per heavy atom. The van der Waals surface area contributed by atoms with E-state index in [1.54, 1.807) is 24.4 Å². The highest BCUT2D eigenvalue weighted by Gasteiger charge is 2.33. The lowest BCUT2D eigenvalue weighted by Gasteiger charge is -2.13. The summed E-state index contributed by atoms with van der Waals surface area (Å²) in [6.07, 6.45) is -2.74. The van der Waals surface area contributed by atoms with Crippen molar-refractivity contribution in [3.8, 4) is 0 Å². The van der Waals surface area contributed by atoms with Gasteiger partial charge in [0, 0.05) is 17.0 Å². The normalized spacial score (nSPS) is 12.7. The highest BCUT2D eigenvalue weighted by molar-refractivity contribution is 6.09. The first kappa shape index (κ1) is 9.39. The van der Waals surface area contributed by atoms with Crippen LogP contribution in [0.25, 0.3) is 21.7 Å². The summed E-state index contributed by atoms with van der Waals surface area (Å²) in [4.78, 5) is 3.98. The van der Waals surface area contributed by atoms with Crippen molar-refractivity contribution in [2.75, 3.05) is 0 Å². The van der Waals surface area contributed by atoms with Crippen molar-refractivity contribution in [1.82, 2.24) is 4.98 Å². The molecule has 0 aliphatic heterocycles. The number of rotatable bonds is 0. The van der Waals surface area contributed by atoms with Crippen LogP contribution in [0.3, 0.4) is 0 Å². The first-order valence-electron chi connectivity index (χ1n) is 4.74. The molecule has 2 heterocycles. The fourth-order valence-corrected chi connectivity index (χ4v) is 2.01. The van der Waals surface area contributed by atoms with Gasteiger partial charge in [0.2, 0.25) is 0 Å². The van der Waals surface area contributed by atoms with E-state index in [0.29, 0.717) is 10.9 Å². The van der Waals surface area contributed by atoms with Gasteiger partial charge >= 0.3 is 6.18 Å². The molecule has 0 radical (unpaired) electrons. The zero-order valence-electron chi connectivity index (χ0n) is 8.05. The van der Waals surface area contributed by atoms with Gasteiger partial charge < -0.3 is 0 Å². The third-order valence-electron chi connectivity index (χ3n) is 2.70. The Morgan fingerprint density at radius 2 is 1.81 bits per heavy atom. The van der Waals surface area contributed by atoms with E-state index >= 15 is 0 Å². The van der Waals surface area contributed by atoms with Gasteiger partial charge in [0.05, 0.1) is 11.1 Å². The molecule has 2 aromatic carbocycles. The van der Waals surface area contributed by atoms with E-state index < -0.39 is 11.7 Å². The van der Waals surface area contributed by atoms with Gasteiger partial charge in [-0.15, -0.1) is 0 Å². The Balaban J connectivity index is 2.54. The van der Waals surface area contributed by atoms with E-state index in [1.165, 1.54) is 6.07 Å². The predicted octanol–water partition coefficient (Wildman–Crippen LogP) is 3.84. The average molecular weight is 221 g/mol. The third kappa shape index (κ3) is 1.16. The number of hydrogen-bond acceptors (Lipinski definition) is 1. The van der Waals surface area contributed by atoms with Crippen LogP contribution >= 0.6 is 0 Å². The second-order valence-corrected chi connectivity index (χ2v) is 3.66. The fraction of sp³-hybridized carbons (Fsp3) is 0.0833. The molecule has 0 unspecified atom stereocenters. The van der Waals surface area contributed by atoms with Gasteiger partial charge in [-0.3, -0.25) is 4.98 Å². The van der Waals surface area contributed by atoms with Crippen molar-refractivity contribution in [2.24, 2.45) is 0 Å². The highest BCUT2D eigenvalue weighted by atomic mass is 19.4. The van der Waals surface area contributed by atoms with E-state index in [4.69, 9.17) is 0 Å². The van der Waals surface area contributed by atoms with Crippen LogP contribution in [0.2, 0.25) is 0 Å². The van der Waals surface area contributed by atoms with E-state index in [2.05, 4.69) is 4.98 Å². The van der Waals surface area contributed by atoms with Crippen LogP contribution in [0.15, 0.2) is 36.5 Å². The summed E-state index contributed by atoms with van der Waals surface area (Å²) in [5.41, 5.74) is -0.225. The first-order valence-corrected chi connectivity index (χ1v) is 4.74. The van der Waals surface area contributed by atoms with Crippen molar-refractivity contribution in [3.05, 3.63) is 42.1 Å². The van der Waals surface area contributed by atoms with Crippen LogP contribution in [-0.2, 0) is 6.18 Å². The molecule has 4 aromatic rings. The number of hydrogen-bond donors (Lipinski definition) is 0. The van der Waals surface area contributed by atoms with Gasteiger partial charge in [0.15, 0.2) is 0 Å². The van der Waals surface area contributed by atoms with Gasteiger partial charge in [-0.05, 0) is 17.5 Å². The zero-order valence-corrected chi connectivity index (χ0v) is 8.05. The Labute approximate surface area is 88.9 Å². The molecule has 4 rings (SSSR count). The highest BCUT2D eigenvalue weighted by Crippen LogP contribution is 2.38. The van der Waals surface area contributed by atoms with E-state index in [0.717, 1.165) is 11.5 Å². The third-order valence-corrected chi connectivity index (χ3v) is 2.70. The quantitative estimate of drug-likeness (QED) is 0.562. The summed E-state index contributed by atoms with van der Waals surface area (Å²) in [5.74, 6) is 0. The van der Waals surface area contributed by atoms with Gasteiger partial charge in [0.1, 0.15) is 0 Å². The molecule has 0 fully saturated rings. The fourth-order valence-electron chi connectivity index (χ4n) is 2.01. The van der Waals surface area contributed by atoms with Crippen molar-refractivity contribution >= 4 is 21.7 Å². The van der Waals surface area contributed by atoms with Crippen LogP contribution < -0.4 is 0 Å². The summed E-state index contributed by atoms with van der Waals surface area (Å²) < 4.78 is 38.4. The van der Waals surface area contributed by atoms with Gasteiger partial charge in [0.25, 0.3) is 0 Å². The number of halogens is 3. The number of benzene rings is 2. The molecule has 80 valence electrons. The van der Waals surface area contributed by atoms with Crippen LogP contribution in [0.4, 0.5) is 13.2 Å². The van der Waals surface area contributed by atoms with Crippen LogP contribution in [0.1, 0.15) is 5.56 Å². The lowest BCUT2D eigenvalue weighted by molar-refractivity contribution is -0.136. The number of pyridine rings is 2. The molecule has 0 atom stereocenters. The molecular weight excluding hydrogens is 215 g/mol. The minimum atomic E-state index is -4.33. The Kier molecular flexibility index (Phi) is 1.67. The lowest BCUT2D eigenvalue weighted by atomic mass is 9.99. The van der Waals surface area contributed by atoms with Crippen LogP contribution in [-0.4, -0.2) is 4.98 Å². The Bertz CT molecular complexity index is 637. The number of nitrogens with zero attached hydrogens (tertiary/aromatic N) is 1. The van der Waals surface area contributed by atoms with Gasteiger partial charge in [-0.1, -0.05) is 18.2 Å². The lowest BCUT2D eigenvalue weighted by Crippen LogP contribution is -2.06. The Morgan fingerprint density at radius 3 is 2.44 bits per heavy atom. The summed E-state index contributed by atoms with van der Waals surface area (Å²) in [6, 6.07) is 7.61. The molecular formula is C12H6F3N. The van der Waals surface area contributed by atoms with Crippen molar-refractivity contribution in [1.29, 1.82) is 0 Å². The number of alkyl halides is 3. The molecule has 0 aliphatic rings. The summed E-state index contributed by atoms with van der Waals surface area (Å²) >= 11 is 0. The van der Waals surface area contributed by atoms with Crippen molar-refractivity contribution in [2.45, 2.75) is 6.18 Å². The minimum absolute atomic E-state index is 0.204. The van der Waals surface area contributed by atoms with Crippen molar-refractivity contribution in [3.63, 3.8) is 0 Å². The summed E-state index contributed by atoms with van der Waals surface area (Å²) in [6.45, 7) is 0. The predicted molar refractivity (Wildman–Crippen MR) is 55.4 cm³/mol. The molecule has 2 aromatic heterocycles. The minimum Gasteiger partial charge on any atom is -0.256 e. The molecule has 0 amide bonds. The summed E-state index contributed by atoms with van der Waals surface area (Å²) in [7, 11) is 0. The number of aromatic nitrogens is 1. The topological polar surface area (TPSA) is 12.9 Å². The molecule has 0 saturated heterocycles. The second-order valence-electron chi connectivity index (χ2n) is 3.66. The average Bonchev–Trinajstić information content (AvgIpc) is 2.29. The molecule has 0 spiro atoms. The van der Waals surface area contributed by atoms with Crippen LogP contribution in [0.5, 0.6) is 0 Å². The van der Waals surface area contributed by atoms with Gasteiger partial charge in [-0.25, -0.2) is 0 Å². The number of fused-ring (bicyclic) bond motifs is 2. The molecule has 1 nitrogen and oxygen atoms in total. The maximum atomic E-state index is 12.8. The molecule has 4 heteroatoms. The van der Waals surface area contributed by atoms with E-state index in [1.807, 2.05) is 0 Å². The second kappa shape index (κ2) is 2.84.